The summed E-state index contributed by atoms with van der Waals surface area (Å²) in [6, 6.07) is 11.9. The van der Waals surface area contributed by atoms with Crippen molar-refractivity contribution in [2.45, 2.75) is 39.2 Å². The molecule has 4 heteroatoms. The van der Waals surface area contributed by atoms with E-state index in [1.165, 1.54) is 5.56 Å². The Morgan fingerprint density at radius 3 is 2.68 bits per heavy atom. The highest BCUT2D eigenvalue weighted by Gasteiger charge is 2.20. The number of amides is 1. The molecule has 1 aromatic carbocycles. The lowest BCUT2D eigenvalue weighted by Crippen LogP contribution is -2.31. The Morgan fingerprint density at radius 2 is 1.95 bits per heavy atom. The van der Waals surface area contributed by atoms with Crippen LogP contribution in [0.2, 0.25) is 0 Å². The smallest absolute Gasteiger partial charge is 0.255 e. The highest BCUT2D eigenvalue weighted by atomic mass is 16.1. The lowest BCUT2D eigenvalue weighted by molar-refractivity contribution is 0.0943. The summed E-state index contributed by atoms with van der Waals surface area (Å²) < 4.78 is 0. The van der Waals surface area contributed by atoms with Crippen molar-refractivity contribution in [2.75, 3.05) is 5.32 Å². The van der Waals surface area contributed by atoms with E-state index < -0.39 is 0 Å². The van der Waals surface area contributed by atoms with Crippen LogP contribution in [0, 0.1) is 0 Å². The molecule has 1 aliphatic carbocycles. The monoisotopic (exact) mass is 295 g/mol. The lowest BCUT2D eigenvalue weighted by Gasteiger charge is -2.15. The average Bonchev–Trinajstić information content (AvgIpc) is 2.94. The molecular formula is C18H21N3O. The van der Waals surface area contributed by atoms with Crippen LogP contribution in [0.3, 0.4) is 0 Å². The maximum Gasteiger partial charge on any atom is 0.255 e. The van der Waals surface area contributed by atoms with E-state index in [-0.39, 0.29) is 11.9 Å². The molecule has 0 saturated carbocycles. The lowest BCUT2D eigenvalue weighted by atomic mass is 10.1. The Morgan fingerprint density at radius 1 is 1.18 bits per heavy atom. The molecule has 0 aliphatic heterocycles. The fourth-order valence-corrected chi connectivity index (χ4v) is 2.74. The molecular weight excluding hydrogens is 274 g/mol. The summed E-state index contributed by atoms with van der Waals surface area (Å²) in [6.07, 6.45) is 3.11. The normalized spacial score (nSPS) is 13.0. The second-order valence-corrected chi connectivity index (χ2v) is 5.96. The van der Waals surface area contributed by atoms with Gasteiger partial charge in [0.2, 0.25) is 0 Å². The number of nitrogens with one attached hydrogen (secondary N) is 2. The number of pyridine rings is 1. The van der Waals surface area contributed by atoms with Gasteiger partial charge in [0.25, 0.3) is 5.91 Å². The summed E-state index contributed by atoms with van der Waals surface area (Å²) in [4.78, 5) is 17.2. The standard InChI is InChI=1S/C18H21N3O/c1-12(2)19-18(22)15-11-13-7-6-10-16(13)21-17(15)20-14-8-4-3-5-9-14/h3-5,8-9,11-12H,6-7,10H2,1-2H3,(H,19,22)(H,20,21). The third kappa shape index (κ3) is 3.11. The van der Waals surface area contributed by atoms with Crippen LogP contribution in [-0.2, 0) is 12.8 Å². The van der Waals surface area contributed by atoms with Crippen LogP contribution in [0.25, 0.3) is 0 Å². The second-order valence-electron chi connectivity index (χ2n) is 5.96. The SMILES string of the molecule is CC(C)NC(=O)c1cc2c(nc1Nc1ccccc1)CCC2. The van der Waals surface area contributed by atoms with Gasteiger partial charge in [-0.25, -0.2) is 4.98 Å². The van der Waals surface area contributed by atoms with Crippen molar-refractivity contribution in [2.24, 2.45) is 0 Å². The number of anilines is 2. The first-order chi connectivity index (χ1) is 10.6. The molecule has 4 nitrogen and oxygen atoms in total. The summed E-state index contributed by atoms with van der Waals surface area (Å²) in [7, 11) is 0. The number of fused-ring (bicyclic) bond motifs is 1. The summed E-state index contributed by atoms with van der Waals surface area (Å²) in [6.45, 7) is 3.92. The molecule has 2 aromatic rings. The van der Waals surface area contributed by atoms with Gasteiger partial charge < -0.3 is 10.6 Å². The number of aryl methyl sites for hydroxylation is 2. The van der Waals surface area contributed by atoms with E-state index in [0.29, 0.717) is 11.4 Å². The van der Waals surface area contributed by atoms with E-state index in [2.05, 4.69) is 10.6 Å². The Labute approximate surface area is 131 Å². The number of nitrogens with zero attached hydrogens (tertiary/aromatic N) is 1. The van der Waals surface area contributed by atoms with E-state index >= 15 is 0 Å². The topological polar surface area (TPSA) is 54.0 Å². The van der Waals surface area contributed by atoms with Gasteiger partial charge in [-0.05, 0) is 56.9 Å². The Bertz CT molecular complexity index is 680. The predicted molar refractivity (Wildman–Crippen MR) is 88.6 cm³/mol. The zero-order valence-corrected chi connectivity index (χ0v) is 13.0. The molecule has 3 rings (SSSR count). The van der Waals surface area contributed by atoms with Gasteiger partial charge in [0.1, 0.15) is 5.82 Å². The van der Waals surface area contributed by atoms with E-state index in [4.69, 9.17) is 4.98 Å². The molecule has 1 aliphatic rings. The molecule has 0 radical (unpaired) electrons. The minimum Gasteiger partial charge on any atom is -0.350 e. The van der Waals surface area contributed by atoms with Crippen LogP contribution in [0.4, 0.5) is 11.5 Å². The molecule has 1 heterocycles. The number of carbonyl (C=O) groups is 1. The Hall–Kier alpha value is -2.36. The molecule has 1 aromatic heterocycles. The van der Waals surface area contributed by atoms with Crippen LogP contribution in [0.5, 0.6) is 0 Å². The number of aromatic nitrogens is 1. The first-order valence-electron chi connectivity index (χ1n) is 7.79. The van der Waals surface area contributed by atoms with Crippen molar-refractivity contribution < 1.29 is 4.79 Å². The number of hydrogen-bond donors (Lipinski definition) is 2. The van der Waals surface area contributed by atoms with Crippen LogP contribution >= 0.6 is 0 Å². The van der Waals surface area contributed by atoms with Crippen LogP contribution in [0.15, 0.2) is 36.4 Å². The first-order valence-corrected chi connectivity index (χ1v) is 7.79. The van der Waals surface area contributed by atoms with Crippen molar-refractivity contribution in [3.63, 3.8) is 0 Å². The number of rotatable bonds is 4. The number of para-hydroxylation sites is 1. The summed E-state index contributed by atoms with van der Waals surface area (Å²) in [5, 5.41) is 6.24. The predicted octanol–water partition coefficient (Wildman–Crippen LogP) is 3.45. The quantitative estimate of drug-likeness (QED) is 0.908. The van der Waals surface area contributed by atoms with Crippen LogP contribution in [-0.4, -0.2) is 16.9 Å². The average molecular weight is 295 g/mol. The van der Waals surface area contributed by atoms with Crippen LogP contribution in [0.1, 0.15) is 41.9 Å². The van der Waals surface area contributed by atoms with Gasteiger partial charge in [-0.15, -0.1) is 0 Å². The van der Waals surface area contributed by atoms with Gasteiger partial charge in [0.05, 0.1) is 5.56 Å². The summed E-state index contributed by atoms with van der Waals surface area (Å²) in [5.74, 6) is 0.570. The highest BCUT2D eigenvalue weighted by molar-refractivity contribution is 5.99. The number of hydrogen-bond acceptors (Lipinski definition) is 3. The van der Waals surface area contributed by atoms with Crippen molar-refractivity contribution >= 4 is 17.4 Å². The van der Waals surface area contributed by atoms with Crippen LogP contribution < -0.4 is 10.6 Å². The van der Waals surface area contributed by atoms with E-state index in [1.54, 1.807) is 0 Å². The fourth-order valence-electron chi connectivity index (χ4n) is 2.74. The van der Waals surface area contributed by atoms with E-state index in [0.717, 1.165) is 30.6 Å². The fraction of sp³-hybridized carbons (Fsp3) is 0.333. The third-order valence-electron chi connectivity index (χ3n) is 3.75. The van der Waals surface area contributed by atoms with Gasteiger partial charge in [0, 0.05) is 17.4 Å². The Balaban J connectivity index is 1.97. The van der Waals surface area contributed by atoms with Crippen molar-refractivity contribution in [3.8, 4) is 0 Å². The van der Waals surface area contributed by atoms with Gasteiger partial charge in [-0.3, -0.25) is 4.79 Å². The summed E-state index contributed by atoms with van der Waals surface area (Å²) >= 11 is 0. The molecule has 0 saturated heterocycles. The molecule has 22 heavy (non-hydrogen) atoms. The summed E-state index contributed by atoms with van der Waals surface area (Å²) in [5.41, 5.74) is 3.87. The maximum absolute atomic E-state index is 12.5. The Kier molecular flexibility index (Phi) is 4.09. The molecule has 1 amide bonds. The largest absolute Gasteiger partial charge is 0.350 e. The molecule has 114 valence electrons. The van der Waals surface area contributed by atoms with E-state index in [9.17, 15) is 4.79 Å². The minimum absolute atomic E-state index is 0.0735. The molecule has 0 bridgehead atoms. The zero-order chi connectivity index (χ0) is 15.5. The highest BCUT2D eigenvalue weighted by Crippen LogP contribution is 2.27. The van der Waals surface area contributed by atoms with E-state index in [1.807, 2.05) is 50.2 Å². The van der Waals surface area contributed by atoms with Crippen molar-refractivity contribution in [1.29, 1.82) is 0 Å². The molecule has 0 spiro atoms. The van der Waals surface area contributed by atoms with Gasteiger partial charge in [-0.1, -0.05) is 18.2 Å². The molecule has 0 atom stereocenters. The number of carbonyl (C=O) groups excluding carboxylic acids is 1. The molecule has 2 N–H and O–H groups in total. The van der Waals surface area contributed by atoms with Gasteiger partial charge in [-0.2, -0.15) is 0 Å². The third-order valence-corrected chi connectivity index (χ3v) is 3.75. The second kappa shape index (κ2) is 6.18. The molecule has 0 unspecified atom stereocenters. The maximum atomic E-state index is 12.5. The zero-order valence-electron chi connectivity index (χ0n) is 13.0. The first kappa shape index (κ1) is 14.6. The minimum atomic E-state index is -0.0735. The number of benzene rings is 1. The van der Waals surface area contributed by atoms with Crippen molar-refractivity contribution in [1.82, 2.24) is 10.3 Å². The van der Waals surface area contributed by atoms with Crippen molar-refractivity contribution in [3.05, 3.63) is 53.2 Å². The van der Waals surface area contributed by atoms with Gasteiger partial charge >= 0.3 is 0 Å². The molecule has 0 fully saturated rings. The van der Waals surface area contributed by atoms with Gasteiger partial charge in [0.15, 0.2) is 0 Å².